The standard InChI is InChI=1S/C26H45N3O4/c1-25(2,3)21(28-22(30)19(27)16-11-8-7-9-12-16)23(31)29-15-17-13-10-14-18(17)20(29)24(32)33-26(4,5)6/h16-21H,7-15,27H2,1-6H3,(H,28,30)/t17-,18+,19+,20-,21-/m1/s1. The highest BCUT2D eigenvalue weighted by Gasteiger charge is 2.53. The van der Waals surface area contributed by atoms with Crippen LogP contribution in [0.25, 0.3) is 0 Å². The summed E-state index contributed by atoms with van der Waals surface area (Å²) in [5.74, 6) is -0.185. The molecule has 2 saturated carbocycles. The van der Waals surface area contributed by atoms with Gasteiger partial charge in [-0.25, -0.2) is 4.79 Å². The third-order valence-corrected chi connectivity index (χ3v) is 7.68. The second-order valence-corrected chi connectivity index (χ2v) is 12.6. The molecule has 2 aliphatic carbocycles. The molecule has 0 spiro atoms. The van der Waals surface area contributed by atoms with Crippen molar-refractivity contribution in [2.45, 2.75) is 117 Å². The van der Waals surface area contributed by atoms with Crippen molar-refractivity contribution >= 4 is 17.8 Å². The van der Waals surface area contributed by atoms with Crippen molar-refractivity contribution in [1.29, 1.82) is 0 Å². The number of hydrogen-bond donors (Lipinski definition) is 2. The smallest absolute Gasteiger partial charge is 0.329 e. The molecule has 0 aromatic heterocycles. The molecule has 3 fully saturated rings. The summed E-state index contributed by atoms with van der Waals surface area (Å²) in [7, 11) is 0. The zero-order valence-electron chi connectivity index (χ0n) is 21.5. The van der Waals surface area contributed by atoms with Crippen molar-refractivity contribution < 1.29 is 19.1 Å². The summed E-state index contributed by atoms with van der Waals surface area (Å²) in [6.07, 6.45) is 8.33. The highest BCUT2D eigenvalue weighted by atomic mass is 16.6. The molecule has 1 saturated heterocycles. The van der Waals surface area contributed by atoms with Gasteiger partial charge in [0.25, 0.3) is 0 Å². The van der Waals surface area contributed by atoms with Gasteiger partial charge in [0, 0.05) is 6.54 Å². The molecule has 1 aliphatic heterocycles. The summed E-state index contributed by atoms with van der Waals surface area (Å²) >= 11 is 0. The first-order valence-corrected chi connectivity index (χ1v) is 12.9. The summed E-state index contributed by atoms with van der Waals surface area (Å²) in [4.78, 5) is 41.9. The van der Waals surface area contributed by atoms with Crippen LogP contribution >= 0.6 is 0 Å². The number of nitrogens with zero attached hydrogens (tertiary/aromatic N) is 1. The maximum Gasteiger partial charge on any atom is 0.329 e. The number of carbonyl (C=O) groups is 3. The predicted molar refractivity (Wildman–Crippen MR) is 128 cm³/mol. The Kier molecular flexibility index (Phi) is 7.82. The quantitative estimate of drug-likeness (QED) is 0.609. The molecule has 0 bridgehead atoms. The number of carbonyl (C=O) groups excluding carboxylic acids is 3. The molecule has 3 aliphatic rings. The van der Waals surface area contributed by atoms with Gasteiger partial charge in [-0.05, 0) is 69.6 Å². The topological polar surface area (TPSA) is 102 Å². The largest absolute Gasteiger partial charge is 0.458 e. The van der Waals surface area contributed by atoms with Gasteiger partial charge in [0.1, 0.15) is 17.7 Å². The monoisotopic (exact) mass is 463 g/mol. The van der Waals surface area contributed by atoms with Crippen LogP contribution in [0.5, 0.6) is 0 Å². The van der Waals surface area contributed by atoms with Gasteiger partial charge in [0.2, 0.25) is 11.8 Å². The van der Waals surface area contributed by atoms with Crippen molar-refractivity contribution in [1.82, 2.24) is 10.2 Å². The number of likely N-dealkylation sites (tertiary alicyclic amines) is 1. The second kappa shape index (κ2) is 9.93. The van der Waals surface area contributed by atoms with E-state index >= 15 is 0 Å². The van der Waals surface area contributed by atoms with Crippen LogP contribution in [-0.2, 0) is 19.1 Å². The van der Waals surface area contributed by atoms with E-state index in [9.17, 15) is 14.4 Å². The number of rotatable bonds is 5. The molecule has 1 heterocycles. The molecule has 3 N–H and O–H groups in total. The first-order valence-electron chi connectivity index (χ1n) is 12.9. The van der Waals surface area contributed by atoms with E-state index in [0.29, 0.717) is 12.5 Å². The van der Waals surface area contributed by atoms with Gasteiger partial charge in [0.05, 0.1) is 6.04 Å². The lowest BCUT2D eigenvalue weighted by Gasteiger charge is -2.37. The summed E-state index contributed by atoms with van der Waals surface area (Å²) < 4.78 is 5.73. The van der Waals surface area contributed by atoms with Crippen LogP contribution in [0.2, 0.25) is 0 Å². The Labute approximate surface area is 199 Å². The van der Waals surface area contributed by atoms with Crippen LogP contribution in [0.3, 0.4) is 0 Å². The van der Waals surface area contributed by atoms with Gasteiger partial charge < -0.3 is 20.7 Å². The van der Waals surface area contributed by atoms with Gasteiger partial charge in [-0.15, -0.1) is 0 Å². The molecule has 2 amide bonds. The fraction of sp³-hybridized carbons (Fsp3) is 0.885. The van der Waals surface area contributed by atoms with E-state index in [1.165, 1.54) is 6.42 Å². The van der Waals surface area contributed by atoms with E-state index in [4.69, 9.17) is 10.5 Å². The zero-order valence-corrected chi connectivity index (χ0v) is 21.5. The summed E-state index contributed by atoms with van der Waals surface area (Å²) in [5, 5.41) is 3.00. The number of amides is 2. The van der Waals surface area contributed by atoms with Crippen LogP contribution in [0.1, 0.15) is 92.9 Å². The Balaban J connectivity index is 1.79. The van der Waals surface area contributed by atoms with Crippen molar-refractivity contribution in [2.75, 3.05) is 6.54 Å². The van der Waals surface area contributed by atoms with Gasteiger partial charge >= 0.3 is 5.97 Å². The summed E-state index contributed by atoms with van der Waals surface area (Å²) in [6, 6.07) is -1.94. The van der Waals surface area contributed by atoms with Crippen LogP contribution < -0.4 is 11.1 Å². The predicted octanol–water partition coefficient (Wildman–Crippen LogP) is 3.39. The van der Waals surface area contributed by atoms with Gasteiger partial charge in [-0.2, -0.15) is 0 Å². The molecule has 3 rings (SSSR count). The van der Waals surface area contributed by atoms with E-state index in [2.05, 4.69) is 5.32 Å². The van der Waals surface area contributed by atoms with Crippen molar-refractivity contribution in [3.05, 3.63) is 0 Å². The molecule has 0 aromatic carbocycles. The van der Waals surface area contributed by atoms with E-state index in [-0.39, 0.29) is 29.6 Å². The lowest BCUT2D eigenvalue weighted by atomic mass is 9.82. The Morgan fingerprint density at radius 2 is 1.58 bits per heavy atom. The molecule has 0 radical (unpaired) electrons. The minimum Gasteiger partial charge on any atom is -0.458 e. The first kappa shape index (κ1) is 26.0. The van der Waals surface area contributed by atoms with Gasteiger partial charge in [0.15, 0.2) is 0 Å². The molecule has 0 unspecified atom stereocenters. The summed E-state index contributed by atoms with van der Waals surface area (Å²) in [6.45, 7) is 11.9. The lowest BCUT2D eigenvalue weighted by Crippen LogP contribution is -2.60. The number of hydrogen-bond acceptors (Lipinski definition) is 5. The molecule has 7 nitrogen and oxygen atoms in total. The van der Waals surface area contributed by atoms with Crippen LogP contribution in [0, 0.1) is 23.2 Å². The highest BCUT2D eigenvalue weighted by molar-refractivity contribution is 5.93. The maximum absolute atomic E-state index is 13.9. The lowest BCUT2D eigenvalue weighted by molar-refractivity contribution is -0.165. The molecule has 188 valence electrons. The van der Waals surface area contributed by atoms with Crippen LogP contribution in [-0.4, -0.2) is 53.0 Å². The average molecular weight is 464 g/mol. The minimum absolute atomic E-state index is 0.129. The van der Waals surface area contributed by atoms with Crippen LogP contribution in [0.15, 0.2) is 0 Å². The third kappa shape index (κ3) is 6.09. The van der Waals surface area contributed by atoms with Crippen LogP contribution in [0.4, 0.5) is 0 Å². The average Bonchev–Trinajstić information content (AvgIpc) is 3.30. The number of esters is 1. The molecule has 33 heavy (non-hydrogen) atoms. The number of nitrogens with two attached hydrogens (primary N) is 1. The third-order valence-electron chi connectivity index (χ3n) is 7.68. The van der Waals surface area contributed by atoms with E-state index in [1.54, 1.807) is 4.90 Å². The fourth-order valence-corrected chi connectivity index (χ4v) is 5.96. The maximum atomic E-state index is 13.9. The normalized spacial score (nSPS) is 28.2. The SMILES string of the molecule is CC(C)(C)OC(=O)[C@H]1[C@H]2CCC[C@@H]2CN1C(=O)[C@@H](NC(=O)[C@@H](N)C1CCCCC1)C(C)(C)C. The second-order valence-electron chi connectivity index (χ2n) is 12.6. The van der Waals surface area contributed by atoms with E-state index in [1.807, 2.05) is 41.5 Å². The first-order chi connectivity index (χ1) is 15.3. The van der Waals surface area contributed by atoms with Crippen molar-refractivity contribution in [2.24, 2.45) is 28.9 Å². The van der Waals surface area contributed by atoms with E-state index < -0.39 is 29.1 Å². The molecule has 0 aromatic rings. The van der Waals surface area contributed by atoms with E-state index in [0.717, 1.165) is 44.9 Å². The fourth-order valence-electron chi connectivity index (χ4n) is 5.96. The summed E-state index contributed by atoms with van der Waals surface area (Å²) in [5.41, 5.74) is 5.21. The number of nitrogens with one attached hydrogen (secondary N) is 1. The van der Waals surface area contributed by atoms with Crippen molar-refractivity contribution in [3.63, 3.8) is 0 Å². The highest BCUT2D eigenvalue weighted by Crippen LogP contribution is 2.43. The molecule has 5 atom stereocenters. The van der Waals surface area contributed by atoms with Gasteiger partial charge in [-0.1, -0.05) is 46.5 Å². The Morgan fingerprint density at radius 1 is 0.939 bits per heavy atom. The minimum atomic E-state index is -0.747. The number of fused-ring (bicyclic) bond motifs is 1. The zero-order chi connectivity index (χ0) is 24.6. The van der Waals surface area contributed by atoms with Crippen molar-refractivity contribution in [3.8, 4) is 0 Å². The Morgan fingerprint density at radius 3 is 2.15 bits per heavy atom. The molecular formula is C26H45N3O4. The Hall–Kier alpha value is -1.63. The van der Waals surface area contributed by atoms with Gasteiger partial charge in [-0.3, -0.25) is 9.59 Å². The Bertz CT molecular complexity index is 733. The molecule has 7 heteroatoms. The number of ether oxygens (including phenoxy) is 1. The molecular weight excluding hydrogens is 418 g/mol.